The summed E-state index contributed by atoms with van der Waals surface area (Å²) in [7, 11) is 0. The molecule has 2 aliphatic rings. The van der Waals surface area contributed by atoms with Crippen LogP contribution in [0.25, 0.3) is 11.4 Å². The van der Waals surface area contributed by atoms with Crippen molar-refractivity contribution in [2.75, 3.05) is 24.5 Å². The first-order valence-corrected chi connectivity index (χ1v) is 10.8. The van der Waals surface area contributed by atoms with Crippen molar-refractivity contribution in [3.8, 4) is 11.4 Å². The van der Waals surface area contributed by atoms with E-state index in [1.165, 1.54) is 43.6 Å². The van der Waals surface area contributed by atoms with Gasteiger partial charge in [-0.2, -0.15) is 0 Å². The molecule has 0 saturated carbocycles. The molecule has 1 fully saturated rings. The molecule has 5 rings (SSSR count). The van der Waals surface area contributed by atoms with Crippen molar-refractivity contribution in [2.45, 2.75) is 38.8 Å². The second-order valence-electron chi connectivity index (χ2n) is 8.25. The van der Waals surface area contributed by atoms with Gasteiger partial charge >= 0.3 is 0 Å². The predicted molar refractivity (Wildman–Crippen MR) is 118 cm³/mol. The van der Waals surface area contributed by atoms with E-state index in [0.717, 1.165) is 36.3 Å². The van der Waals surface area contributed by atoms with E-state index in [9.17, 15) is 4.79 Å². The average Bonchev–Trinajstić information content (AvgIpc) is 2.80. The van der Waals surface area contributed by atoms with Gasteiger partial charge in [-0.1, -0.05) is 12.1 Å². The Morgan fingerprint density at radius 1 is 0.933 bits per heavy atom. The summed E-state index contributed by atoms with van der Waals surface area (Å²) < 4.78 is 0. The van der Waals surface area contributed by atoms with Gasteiger partial charge in [0.2, 0.25) is 0 Å². The molecule has 30 heavy (non-hydrogen) atoms. The van der Waals surface area contributed by atoms with Crippen molar-refractivity contribution in [2.24, 2.45) is 0 Å². The van der Waals surface area contributed by atoms with E-state index in [0.29, 0.717) is 12.4 Å². The van der Waals surface area contributed by atoms with Crippen LogP contribution in [0.4, 0.5) is 5.69 Å². The molecule has 0 amide bonds. The molecular weight excluding hydrogens is 374 g/mol. The Labute approximate surface area is 176 Å². The van der Waals surface area contributed by atoms with Crippen LogP contribution in [0.3, 0.4) is 0 Å². The number of aromatic amines is 1. The third-order valence-corrected chi connectivity index (χ3v) is 6.17. The number of nitrogens with zero attached hydrogens (tertiary/aromatic N) is 4. The highest BCUT2D eigenvalue weighted by molar-refractivity contribution is 5.54. The van der Waals surface area contributed by atoms with Gasteiger partial charge in [-0.15, -0.1) is 0 Å². The van der Waals surface area contributed by atoms with Crippen LogP contribution >= 0.6 is 0 Å². The SMILES string of the molecule is O=c1[nH]c(-c2ccncc2)nc2c1CCN(Cc1ccc(N3CCCCC3)cc1)C2. The summed E-state index contributed by atoms with van der Waals surface area (Å²) in [4.78, 5) is 29.2. The fraction of sp³-hybridized carbons (Fsp3) is 0.375. The Morgan fingerprint density at radius 3 is 2.47 bits per heavy atom. The quantitative estimate of drug-likeness (QED) is 0.726. The number of piperidine rings is 1. The molecule has 2 aromatic heterocycles. The number of pyridine rings is 1. The zero-order valence-electron chi connectivity index (χ0n) is 17.2. The highest BCUT2D eigenvalue weighted by atomic mass is 16.1. The number of benzene rings is 1. The first kappa shape index (κ1) is 19.0. The highest BCUT2D eigenvalue weighted by Gasteiger charge is 2.21. The summed E-state index contributed by atoms with van der Waals surface area (Å²) in [6.45, 7) is 4.79. The van der Waals surface area contributed by atoms with E-state index < -0.39 is 0 Å². The number of fused-ring (bicyclic) bond motifs is 1. The second kappa shape index (κ2) is 8.40. The van der Waals surface area contributed by atoms with E-state index in [1.807, 2.05) is 12.1 Å². The van der Waals surface area contributed by atoms with Crippen molar-refractivity contribution in [1.29, 1.82) is 0 Å². The van der Waals surface area contributed by atoms with Gasteiger partial charge < -0.3 is 9.88 Å². The number of rotatable bonds is 4. The summed E-state index contributed by atoms with van der Waals surface area (Å²) in [5.74, 6) is 0.619. The lowest BCUT2D eigenvalue weighted by atomic mass is 10.0. The lowest BCUT2D eigenvalue weighted by Crippen LogP contribution is -2.35. The standard InChI is InChI=1S/C24H27N5O/c30-24-21-10-15-28(17-22(21)26-23(27-24)19-8-11-25-12-9-19)16-18-4-6-20(7-5-18)29-13-2-1-3-14-29/h4-9,11-12H,1-3,10,13-17H2,(H,26,27,30). The Hall–Kier alpha value is -2.99. The molecule has 0 aliphatic carbocycles. The minimum absolute atomic E-state index is 0.0163. The summed E-state index contributed by atoms with van der Waals surface area (Å²) in [5.41, 5.74) is 5.22. The lowest BCUT2D eigenvalue weighted by molar-refractivity contribution is 0.240. The van der Waals surface area contributed by atoms with Crippen LogP contribution in [0.1, 0.15) is 36.1 Å². The predicted octanol–water partition coefficient (Wildman–Crippen LogP) is 3.38. The van der Waals surface area contributed by atoms with E-state index in [-0.39, 0.29) is 5.56 Å². The van der Waals surface area contributed by atoms with E-state index in [2.05, 4.69) is 44.0 Å². The molecule has 1 aromatic carbocycles. The van der Waals surface area contributed by atoms with Gasteiger partial charge in [-0.3, -0.25) is 14.7 Å². The van der Waals surface area contributed by atoms with E-state index in [4.69, 9.17) is 4.98 Å². The number of aromatic nitrogens is 3. The van der Waals surface area contributed by atoms with Gasteiger partial charge in [0.1, 0.15) is 5.82 Å². The Kier molecular flexibility index (Phi) is 5.32. The van der Waals surface area contributed by atoms with Crippen LogP contribution in [-0.4, -0.2) is 39.5 Å². The van der Waals surface area contributed by atoms with Crippen molar-refractivity contribution < 1.29 is 0 Å². The van der Waals surface area contributed by atoms with Gasteiger partial charge in [0.05, 0.1) is 5.69 Å². The molecule has 0 atom stereocenters. The molecule has 6 heteroatoms. The lowest BCUT2D eigenvalue weighted by Gasteiger charge is -2.30. The minimum atomic E-state index is -0.0163. The number of hydrogen-bond donors (Lipinski definition) is 1. The van der Waals surface area contributed by atoms with Crippen LogP contribution in [-0.2, 0) is 19.5 Å². The maximum absolute atomic E-state index is 12.6. The monoisotopic (exact) mass is 401 g/mol. The fourth-order valence-corrected chi connectivity index (χ4v) is 4.50. The van der Waals surface area contributed by atoms with Crippen molar-refractivity contribution >= 4 is 5.69 Å². The molecular formula is C24H27N5O. The fourth-order valence-electron chi connectivity index (χ4n) is 4.50. The molecule has 0 radical (unpaired) electrons. The molecule has 4 heterocycles. The Balaban J connectivity index is 1.30. The van der Waals surface area contributed by atoms with Gasteiger partial charge in [0.25, 0.3) is 5.56 Å². The van der Waals surface area contributed by atoms with Crippen LogP contribution < -0.4 is 10.5 Å². The van der Waals surface area contributed by atoms with Gasteiger partial charge in [0.15, 0.2) is 0 Å². The highest BCUT2D eigenvalue weighted by Crippen LogP contribution is 2.23. The number of hydrogen-bond acceptors (Lipinski definition) is 5. The van der Waals surface area contributed by atoms with Crippen LogP contribution in [0.15, 0.2) is 53.6 Å². The van der Waals surface area contributed by atoms with Crippen LogP contribution in [0, 0.1) is 0 Å². The molecule has 0 spiro atoms. The normalized spacial score (nSPS) is 17.0. The summed E-state index contributed by atoms with van der Waals surface area (Å²) in [5, 5.41) is 0. The first-order valence-electron chi connectivity index (χ1n) is 10.8. The molecule has 6 nitrogen and oxygen atoms in total. The average molecular weight is 402 g/mol. The van der Waals surface area contributed by atoms with Crippen LogP contribution in [0.2, 0.25) is 0 Å². The summed E-state index contributed by atoms with van der Waals surface area (Å²) in [6.07, 6.45) is 8.11. The Morgan fingerprint density at radius 2 is 1.70 bits per heavy atom. The Bertz CT molecular complexity index is 1060. The minimum Gasteiger partial charge on any atom is -0.372 e. The van der Waals surface area contributed by atoms with E-state index in [1.54, 1.807) is 12.4 Å². The van der Waals surface area contributed by atoms with Crippen LogP contribution in [0.5, 0.6) is 0 Å². The molecule has 154 valence electrons. The first-order chi connectivity index (χ1) is 14.8. The van der Waals surface area contributed by atoms with E-state index >= 15 is 0 Å². The van der Waals surface area contributed by atoms with Gasteiger partial charge in [-0.05, 0) is 55.5 Å². The number of anilines is 1. The van der Waals surface area contributed by atoms with Crippen molar-refractivity contribution in [3.63, 3.8) is 0 Å². The number of nitrogens with one attached hydrogen (secondary N) is 1. The maximum atomic E-state index is 12.6. The molecule has 0 unspecified atom stereocenters. The van der Waals surface area contributed by atoms with Gasteiger partial charge in [0, 0.05) is 61.9 Å². The second-order valence-corrected chi connectivity index (χ2v) is 8.25. The molecule has 2 aliphatic heterocycles. The third kappa shape index (κ3) is 4.00. The molecule has 1 N–H and O–H groups in total. The topological polar surface area (TPSA) is 65.1 Å². The zero-order valence-corrected chi connectivity index (χ0v) is 17.2. The van der Waals surface area contributed by atoms with Crippen molar-refractivity contribution in [3.05, 3.63) is 76.0 Å². The third-order valence-electron chi connectivity index (χ3n) is 6.17. The largest absolute Gasteiger partial charge is 0.372 e. The number of H-pyrrole nitrogens is 1. The van der Waals surface area contributed by atoms with Crippen molar-refractivity contribution in [1.82, 2.24) is 19.9 Å². The molecule has 3 aromatic rings. The summed E-state index contributed by atoms with van der Waals surface area (Å²) >= 11 is 0. The summed E-state index contributed by atoms with van der Waals surface area (Å²) in [6, 6.07) is 12.7. The molecule has 0 bridgehead atoms. The van der Waals surface area contributed by atoms with Gasteiger partial charge in [-0.25, -0.2) is 4.98 Å². The zero-order chi connectivity index (χ0) is 20.3. The molecule has 1 saturated heterocycles. The maximum Gasteiger partial charge on any atom is 0.254 e. The smallest absolute Gasteiger partial charge is 0.254 e.